The number of anilines is 3. The number of pyridine rings is 1. The number of rotatable bonds is 5. The third kappa shape index (κ3) is 4.30. The van der Waals surface area contributed by atoms with Gasteiger partial charge in [0.15, 0.2) is 5.88 Å². The van der Waals surface area contributed by atoms with Crippen molar-refractivity contribution in [2.45, 2.75) is 38.4 Å². The molecule has 2 aromatic heterocycles. The van der Waals surface area contributed by atoms with E-state index in [9.17, 15) is 13.2 Å². The van der Waals surface area contributed by atoms with Gasteiger partial charge in [0.05, 0.1) is 29.8 Å². The molecule has 3 N–H and O–H groups in total. The Morgan fingerprint density at radius 1 is 1.38 bits per heavy atom. The van der Waals surface area contributed by atoms with Crippen LogP contribution < -0.4 is 16.0 Å². The van der Waals surface area contributed by atoms with Crippen LogP contribution in [0.4, 0.5) is 30.4 Å². The van der Waals surface area contributed by atoms with E-state index in [1.165, 1.54) is 6.26 Å². The lowest BCUT2D eigenvalue weighted by molar-refractivity contribution is -0.177. The molecular weight excluding hydrogens is 345 g/mol. The maximum absolute atomic E-state index is 13.3. The molecule has 0 spiro atoms. The van der Waals surface area contributed by atoms with Crippen LogP contribution in [0.15, 0.2) is 35.1 Å². The Bertz CT molecular complexity index is 718. The number of alkyl halides is 3. The number of aryl methyl sites for hydroxylation is 1. The second-order valence-corrected chi connectivity index (χ2v) is 6.68. The van der Waals surface area contributed by atoms with E-state index in [1.807, 2.05) is 13.0 Å². The van der Waals surface area contributed by atoms with Crippen molar-refractivity contribution in [1.82, 2.24) is 4.98 Å². The highest BCUT2D eigenvalue weighted by atomic mass is 19.4. The number of hydrogen-bond donors (Lipinski definition) is 2. The number of nitrogens with zero attached hydrogens (tertiary/aromatic N) is 2. The van der Waals surface area contributed by atoms with Gasteiger partial charge in [-0.3, -0.25) is 4.98 Å². The molecular formula is C18H23F3N4O. The zero-order valence-electron chi connectivity index (χ0n) is 14.6. The lowest BCUT2D eigenvalue weighted by Crippen LogP contribution is -2.51. The molecule has 1 saturated heterocycles. The van der Waals surface area contributed by atoms with Gasteiger partial charge in [-0.05, 0) is 25.0 Å². The van der Waals surface area contributed by atoms with Gasteiger partial charge in [-0.1, -0.05) is 13.3 Å². The Morgan fingerprint density at radius 2 is 2.19 bits per heavy atom. The minimum absolute atomic E-state index is 0.0478. The molecule has 0 radical (unpaired) electrons. The van der Waals surface area contributed by atoms with E-state index >= 15 is 0 Å². The topological polar surface area (TPSA) is 67.3 Å². The van der Waals surface area contributed by atoms with Gasteiger partial charge in [0.1, 0.15) is 0 Å². The van der Waals surface area contributed by atoms with Crippen molar-refractivity contribution in [2.24, 2.45) is 11.7 Å². The number of hydrogen-bond acceptors (Lipinski definition) is 5. The van der Waals surface area contributed by atoms with Gasteiger partial charge < -0.3 is 20.4 Å². The number of aromatic nitrogens is 1. The minimum Gasteiger partial charge on any atom is -0.449 e. The van der Waals surface area contributed by atoms with Crippen LogP contribution in [-0.2, 0) is 6.42 Å². The zero-order chi connectivity index (χ0) is 18.7. The molecule has 2 atom stereocenters. The number of furan rings is 1. The van der Waals surface area contributed by atoms with Crippen LogP contribution in [-0.4, -0.2) is 30.3 Å². The van der Waals surface area contributed by atoms with Crippen LogP contribution in [0.3, 0.4) is 0 Å². The van der Waals surface area contributed by atoms with Crippen molar-refractivity contribution in [3.05, 3.63) is 36.4 Å². The average Bonchev–Trinajstić information content (AvgIpc) is 3.08. The van der Waals surface area contributed by atoms with Gasteiger partial charge in [-0.25, -0.2) is 0 Å². The van der Waals surface area contributed by atoms with E-state index in [2.05, 4.69) is 10.3 Å². The fraction of sp³-hybridized carbons (Fsp3) is 0.500. The van der Waals surface area contributed by atoms with E-state index in [0.29, 0.717) is 23.8 Å². The highest BCUT2D eigenvalue weighted by Crippen LogP contribution is 2.37. The zero-order valence-corrected chi connectivity index (χ0v) is 14.6. The van der Waals surface area contributed by atoms with E-state index < -0.39 is 18.1 Å². The predicted molar refractivity (Wildman–Crippen MR) is 94.6 cm³/mol. The summed E-state index contributed by atoms with van der Waals surface area (Å²) < 4.78 is 45.1. The van der Waals surface area contributed by atoms with Crippen LogP contribution in [0.25, 0.3) is 0 Å². The van der Waals surface area contributed by atoms with Crippen molar-refractivity contribution in [2.75, 3.05) is 23.3 Å². The SMILES string of the molecule is CCCc1cc(N2CC(N)CC(C(F)(F)F)C2)c(Nc2ccco2)cn1. The molecule has 26 heavy (non-hydrogen) atoms. The average molecular weight is 368 g/mol. The van der Waals surface area contributed by atoms with Gasteiger partial charge in [0.2, 0.25) is 0 Å². The smallest absolute Gasteiger partial charge is 0.393 e. The fourth-order valence-electron chi connectivity index (χ4n) is 3.29. The standard InChI is InChI=1S/C18H23F3N4O/c1-2-4-14-8-16(15(9-23-14)24-17-5-3-6-26-17)25-10-12(18(19,20)21)7-13(22)11-25/h3,5-6,8-9,12-13,24H,2,4,7,10-11,22H2,1H3. The monoisotopic (exact) mass is 368 g/mol. The van der Waals surface area contributed by atoms with Crippen molar-refractivity contribution >= 4 is 17.3 Å². The third-order valence-electron chi connectivity index (χ3n) is 4.51. The molecule has 1 aliphatic rings. The van der Waals surface area contributed by atoms with Crippen LogP contribution in [0.2, 0.25) is 0 Å². The second-order valence-electron chi connectivity index (χ2n) is 6.68. The summed E-state index contributed by atoms with van der Waals surface area (Å²) in [4.78, 5) is 6.11. The molecule has 0 bridgehead atoms. The number of nitrogens with two attached hydrogens (primary N) is 1. The predicted octanol–water partition coefficient (Wildman–Crippen LogP) is 4.09. The summed E-state index contributed by atoms with van der Waals surface area (Å²) in [6, 6.07) is 4.79. The maximum atomic E-state index is 13.3. The van der Waals surface area contributed by atoms with Crippen LogP contribution >= 0.6 is 0 Å². The highest BCUT2D eigenvalue weighted by Gasteiger charge is 2.44. The molecule has 3 heterocycles. The largest absolute Gasteiger partial charge is 0.449 e. The molecule has 1 fully saturated rings. The molecule has 0 aliphatic carbocycles. The van der Waals surface area contributed by atoms with Gasteiger partial charge in [-0.15, -0.1) is 0 Å². The molecule has 3 rings (SSSR count). The quantitative estimate of drug-likeness (QED) is 0.832. The highest BCUT2D eigenvalue weighted by molar-refractivity contribution is 5.73. The number of piperidine rings is 1. The molecule has 1 aliphatic heterocycles. The van der Waals surface area contributed by atoms with Crippen molar-refractivity contribution < 1.29 is 17.6 Å². The first-order valence-electron chi connectivity index (χ1n) is 8.73. The Hall–Kier alpha value is -2.22. The summed E-state index contributed by atoms with van der Waals surface area (Å²) >= 11 is 0. The Labute approximate surface area is 150 Å². The first-order valence-corrected chi connectivity index (χ1v) is 8.73. The summed E-state index contributed by atoms with van der Waals surface area (Å²) in [6.45, 7) is 2.29. The molecule has 0 amide bonds. The Kier molecular flexibility index (Phi) is 5.41. The Morgan fingerprint density at radius 3 is 2.85 bits per heavy atom. The van der Waals surface area contributed by atoms with Crippen molar-refractivity contribution in [3.8, 4) is 0 Å². The fourth-order valence-corrected chi connectivity index (χ4v) is 3.29. The molecule has 5 nitrogen and oxygen atoms in total. The first kappa shape index (κ1) is 18.6. The van der Waals surface area contributed by atoms with Crippen molar-refractivity contribution in [3.63, 3.8) is 0 Å². The molecule has 0 aromatic carbocycles. The number of halogens is 3. The molecule has 2 unspecified atom stereocenters. The molecule has 8 heteroatoms. The lowest BCUT2D eigenvalue weighted by atomic mass is 9.93. The third-order valence-corrected chi connectivity index (χ3v) is 4.51. The molecule has 142 valence electrons. The van der Waals surface area contributed by atoms with E-state index in [0.717, 1.165) is 18.5 Å². The maximum Gasteiger partial charge on any atom is 0.393 e. The van der Waals surface area contributed by atoms with Crippen LogP contribution in [0.1, 0.15) is 25.5 Å². The van der Waals surface area contributed by atoms with E-state index in [4.69, 9.17) is 10.2 Å². The van der Waals surface area contributed by atoms with Gasteiger partial charge >= 0.3 is 6.18 Å². The van der Waals surface area contributed by atoms with Gasteiger partial charge in [-0.2, -0.15) is 13.2 Å². The molecule has 0 saturated carbocycles. The van der Waals surface area contributed by atoms with Crippen molar-refractivity contribution in [1.29, 1.82) is 0 Å². The lowest BCUT2D eigenvalue weighted by Gasteiger charge is -2.39. The van der Waals surface area contributed by atoms with Gasteiger partial charge in [0, 0.05) is 30.9 Å². The van der Waals surface area contributed by atoms with Crippen LogP contribution in [0, 0.1) is 5.92 Å². The van der Waals surface area contributed by atoms with E-state index in [1.54, 1.807) is 23.2 Å². The minimum atomic E-state index is -4.26. The summed E-state index contributed by atoms with van der Waals surface area (Å²) in [7, 11) is 0. The van der Waals surface area contributed by atoms with Crippen LogP contribution in [0.5, 0.6) is 0 Å². The summed E-state index contributed by atoms with van der Waals surface area (Å²) in [6.07, 6.45) is 0.527. The summed E-state index contributed by atoms with van der Waals surface area (Å²) in [5, 5.41) is 3.09. The summed E-state index contributed by atoms with van der Waals surface area (Å²) in [5.74, 6) is -0.935. The summed E-state index contributed by atoms with van der Waals surface area (Å²) in [5.41, 5.74) is 8.06. The Balaban J connectivity index is 1.93. The first-order chi connectivity index (χ1) is 12.4. The normalized spacial score (nSPS) is 21.0. The van der Waals surface area contributed by atoms with Gasteiger partial charge in [0.25, 0.3) is 0 Å². The van der Waals surface area contributed by atoms with E-state index in [-0.39, 0.29) is 13.0 Å². The molecule has 2 aromatic rings. The number of nitrogens with one attached hydrogen (secondary N) is 1. The second kappa shape index (κ2) is 7.57.